The van der Waals surface area contributed by atoms with E-state index in [1.807, 2.05) is 25.1 Å². The Morgan fingerprint density at radius 2 is 1.76 bits per heavy atom. The minimum atomic E-state index is -0.791. The lowest BCUT2D eigenvalue weighted by molar-refractivity contribution is -0.136. The van der Waals surface area contributed by atoms with Crippen LogP contribution in [0, 0.1) is 23.4 Å². The van der Waals surface area contributed by atoms with Gasteiger partial charge in [0.25, 0.3) is 5.91 Å². The van der Waals surface area contributed by atoms with Crippen LogP contribution in [0.15, 0.2) is 53.3 Å². The lowest BCUT2D eigenvalue weighted by atomic mass is 9.92. The van der Waals surface area contributed by atoms with Crippen LogP contribution in [-0.2, 0) is 27.9 Å². The second kappa shape index (κ2) is 16.8. The number of para-hydroxylation sites is 1. The van der Waals surface area contributed by atoms with Crippen molar-refractivity contribution in [2.75, 3.05) is 53.4 Å². The predicted molar refractivity (Wildman–Crippen MR) is 239 cm³/mol. The Bertz CT molecular complexity index is 2810. The molecule has 332 valence electrons. The average Bonchev–Trinajstić information content (AvgIpc) is 3.81. The normalized spacial score (nSPS) is 21.1. The molecule has 3 aliphatic rings. The van der Waals surface area contributed by atoms with Crippen LogP contribution in [0.3, 0.4) is 0 Å². The van der Waals surface area contributed by atoms with Gasteiger partial charge >= 0.3 is 5.69 Å². The number of rotatable bonds is 9. The number of carbonyl (C=O) groups is 4. The van der Waals surface area contributed by atoms with Gasteiger partial charge in [0.2, 0.25) is 17.7 Å². The van der Waals surface area contributed by atoms with Crippen LogP contribution in [-0.4, -0.2) is 112 Å². The number of aromatic amines is 1. The number of aryl methyl sites for hydroxylation is 1. The summed E-state index contributed by atoms with van der Waals surface area (Å²) in [5.41, 5.74) is 2.72. The van der Waals surface area contributed by atoms with Crippen molar-refractivity contribution in [3.8, 4) is 11.1 Å². The molecule has 0 aliphatic carbocycles. The van der Waals surface area contributed by atoms with Gasteiger partial charge < -0.3 is 14.8 Å². The predicted octanol–water partition coefficient (Wildman–Crippen LogP) is 5.96. The molecule has 0 bridgehead atoms. The van der Waals surface area contributed by atoms with E-state index in [4.69, 9.17) is 12.8 Å². The number of piperazine rings is 1. The van der Waals surface area contributed by atoms with E-state index < -0.39 is 35.3 Å². The molecule has 8 rings (SSSR count). The summed E-state index contributed by atoms with van der Waals surface area (Å²) in [7, 11) is 4.79. The maximum Gasteiger partial charge on any atom is 0.329 e. The Labute approximate surface area is 368 Å². The molecule has 2 unspecified atom stereocenters. The van der Waals surface area contributed by atoms with E-state index in [0.29, 0.717) is 62.2 Å². The number of halogens is 3. The minimum Gasteiger partial charge on any atom is -0.348 e. The van der Waals surface area contributed by atoms with E-state index in [0.717, 1.165) is 17.7 Å². The van der Waals surface area contributed by atoms with Crippen LogP contribution in [0.4, 0.5) is 18.9 Å². The fourth-order valence-electron chi connectivity index (χ4n) is 9.51. The molecule has 2 saturated heterocycles. The van der Waals surface area contributed by atoms with Crippen LogP contribution >= 0.6 is 12.8 Å². The smallest absolute Gasteiger partial charge is 0.329 e. The minimum absolute atomic E-state index is 0.0300. The number of nitrogens with one attached hydrogen (secondary N) is 2. The number of amides is 4. The summed E-state index contributed by atoms with van der Waals surface area (Å²) in [6, 6.07) is 9.73. The number of benzene rings is 3. The Hall–Kier alpha value is -5.65. The number of carbonyl (C=O) groups excluding carboxylic acids is 4. The maximum absolute atomic E-state index is 16.7. The number of nitrogens with zero attached hydrogens (tertiary/aromatic N) is 6. The van der Waals surface area contributed by atoms with Crippen molar-refractivity contribution in [2.45, 2.75) is 58.5 Å². The number of fused-ring (bicyclic) bond motifs is 2. The van der Waals surface area contributed by atoms with Crippen LogP contribution in [0.2, 0.25) is 0 Å². The van der Waals surface area contributed by atoms with Gasteiger partial charge in [0.15, 0.2) is 17.3 Å². The van der Waals surface area contributed by atoms with Gasteiger partial charge in [-0.15, -0.1) is 0 Å². The van der Waals surface area contributed by atoms with Gasteiger partial charge in [0.1, 0.15) is 30.1 Å². The quantitative estimate of drug-likeness (QED) is 0.0953. The van der Waals surface area contributed by atoms with Gasteiger partial charge in [-0.3, -0.25) is 38.5 Å². The second-order valence-electron chi connectivity index (χ2n) is 17.6. The zero-order valence-corrected chi connectivity index (χ0v) is 37.1. The van der Waals surface area contributed by atoms with Crippen molar-refractivity contribution in [1.29, 1.82) is 0 Å². The second-order valence-corrected chi connectivity index (χ2v) is 18.3. The number of piperidine rings is 1. The molecule has 0 spiro atoms. The van der Waals surface area contributed by atoms with E-state index in [1.165, 1.54) is 26.2 Å². The summed E-state index contributed by atoms with van der Waals surface area (Å²) in [6.45, 7) is 8.09. The highest BCUT2D eigenvalue weighted by Crippen LogP contribution is 2.42. The molecule has 3 atom stereocenters. The molecular formula is C46H52F3N8O5S+. The fourth-order valence-corrected chi connectivity index (χ4v) is 9.83. The molecule has 3 aromatic carbocycles. The van der Waals surface area contributed by atoms with Crippen LogP contribution in [0.1, 0.15) is 67.7 Å². The van der Waals surface area contributed by atoms with Crippen molar-refractivity contribution in [2.24, 2.45) is 13.0 Å². The summed E-state index contributed by atoms with van der Waals surface area (Å²) in [5.74, 6) is -3.72. The molecule has 13 nitrogen and oxygen atoms in total. The standard InChI is InChI=1S/C46H51F3N8O5S/c1-25(2)44(60)55-15-8-10-28(24-55)29-19-30(32-21-35(45(61)52(4)5)50-41(32)40(29)49)31-20-34(48)38(22-33(31)47)57(63)18-17-54(23-26(57)3)16-14-27-9-7-11-36-42(27)53(6)46(62)56(36)37-12-13-39(58)51-43(37)59/h7,9-11,19-22,25-26,37,63H,8,12-18,23-24H2,1-6H3,(H-,50,51,58,59,61)/p+1/t26-,37?,57?/m0/s1. The molecule has 0 saturated carbocycles. The molecule has 4 amide bonds. The zero-order chi connectivity index (χ0) is 45.2. The maximum atomic E-state index is 16.7. The number of quaternary nitrogens is 1. The largest absolute Gasteiger partial charge is 0.348 e. The van der Waals surface area contributed by atoms with Gasteiger partial charge in [-0.05, 0) is 67.2 Å². The number of H-pyrrole nitrogens is 1. The van der Waals surface area contributed by atoms with Crippen molar-refractivity contribution in [3.63, 3.8) is 0 Å². The third-order valence-corrected chi connectivity index (χ3v) is 13.8. The van der Waals surface area contributed by atoms with E-state index in [9.17, 15) is 24.0 Å². The number of hydrogen-bond donors (Lipinski definition) is 3. The van der Waals surface area contributed by atoms with E-state index in [1.54, 1.807) is 46.0 Å². The van der Waals surface area contributed by atoms with E-state index in [2.05, 4.69) is 15.2 Å². The topological polar surface area (TPSA) is 133 Å². The van der Waals surface area contributed by atoms with Gasteiger partial charge in [0.05, 0.1) is 35.9 Å². The lowest BCUT2D eigenvalue weighted by Crippen LogP contribution is -2.61. The van der Waals surface area contributed by atoms with Crippen LogP contribution in [0.5, 0.6) is 0 Å². The molecule has 2 fully saturated rings. The summed E-state index contributed by atoms with van der Waals surface area (Å²) in [6.07, 6.45) is 3.29. The first kappa shape index (κ1) is 44.0. The highest BCUT2D eigenvalue weighted by molar-refractivity contribution is 7.79. The molecule has 0 radical (unpaired) electrons. The third-order valence-electron chi connectivity index (χ3n) is 12.9. The summed E-state index contributed by atoms with van der Waals surface area (Å²) < 4.78 is 52.8. The molecule has 5 heterocycles. The SMILES string of the molecule is CC(C)C(=O)N1CCC=C(c2cc(-c3cc(F)c([N+]4(S)CCN(CCc5cccc6c5n(C)c(=O)n6C5CCC(=O)NC5=O)C[C@@H]4C)cc3F)c3cc(C(=O)N(C)C)[nH]c3c2F)C1. The van der Waals surface area contributed by atoms with Gasteiger partial charge in [-0.2, -0.15) is 0 Å². The van der Waals surface area contributed by atoms with Gasteiger partial charge in [-0.25, -0.2) is 21.9 Å². The molecule has 17 heteroatoms. The molecule has 2 N–H and O–H groups in total. The molecule has 63 heavy (non-hydrogen) atoms. The first-order chi connectivity index (χ1) is 29.9. The molecule has 2 aromatic heterocycles. The molecular weight excluding hydrogens is 834 g/mol. The molecule has 5 aromatic rings. The molecule has 3 aliphatic heterocycles. The lowest BCUT2D eigenvalue weighted by Gasteiger charge is -2.44. The van der Waals surface area contributed by atoms with E-state index in [-0.39, 0.29) is 91.7 Å². The van der Waals surface area contributed by atoms with Gasteiger partial charge in [0, 0.05) is 82.2 Å². The van der Waals surface area contributed by atoms with Crippen molar-refractivity contribution in [3.05, 3.63) is 93.3 Å². The number of thiol groups is 1. The number of aromatic nitrogens is 3. The van der Waals surface area contributed by atoms with Crippen molar-refractivity contribution < 1.29 is 32.3 Å². The Kier molecular flexibility index (Phi) is 11.7. The monoisotopic (exact) mass is 885 g/mol. The Morgan fingerprint density at radius 3 is 2.46 bits per heavy atom. The third kappa shape index (κ3) is 7.77. The number of hydrogen-bond acceptors (Lipinski definition) is 7. The first-order valence-electron chi connectivity index (χ1n) is 21.3. The Morgan fingerprint density at radius 1 is 1.00 bits per heavy atom. The first-order valence-corrected chi connectivity index (χ1v) is 21.7. The van der Waals surface area contributed by atoms with Gasteiger partial charge in [-0.1, -0.05) is 32.1 Å². The highest BCUT2D eigenvalue weighted by Gasteiger charge is 2.42. The summed E-state index contributed by atoms with van der Waals surface area (Å²) in [4.78, 5) is 72.2. The summed E-state index contributed by atoms with van der Waals surface area (Å²) in [5, 5.41) is 2.55. The highest BCUT2D eigenvalue weighted by atomic mass is 32.1. The average molecular weight is 886 g/mol. The fraction of sp³-hybridized carbons (Fsp3) is 0.413. The Balaban J connectivity index is 1.07. The van der Waals surface area contributed by atoms with Crippen LogP contribution in [0.25, 0.3) is 38.6 Å². The van der Waals surface area contributed by atoms with Crippen molar-refractivity contribution >= 4 is 69.6 Å². The van der Waals surface area contributed by atoms with E-state index >= 15 is 13.2 Å². The van der Waals surface area contributed by atoms with Crippen molar-refractivity contribution in [1.82, 2.24) is 38.0 Å². The zero-order valence-electron chi connectivity index (χ0n) is 36.2. The van der Waals surface area contributed by atoms with Crippen LogP contribution < -0.4 is 14.9 Å². The number of imidazole rings is 1. The number of imide groups is 1. The summed E-state index contributed by atoms with van der Waals surface area (Å²) >= 11 is 5.01.